The van der Waals surface area contributed by atoms with Crippen LogP contribution in [0.25, 0.3) is 0 Å². The lowest BCUT2D eigenvalue weighted by Crippen LogP contribution is -2.45. The molecule has 0 unspecified atom stereocenters. The van der Waals surface area contributed by atoms with Crippen LogP contribution in [0.15, 0.2) is 18.2 Å². The second-order valence-corrected chi connectivity index (χ2v) is 5.31. The van der Waals surface area contributed by atoms with Gasteiger partial charge in [0.25, 0.3) is 5.91 Å². The van der Waals surface area contributed by atoms with E-state index in [1.165, 1.54) is 0 Å². The zero-order valence-electron chi connectivity index (χ0n) is 12.2. The van der Waals surface area contributed by atoms with E-state index in [4.69, 9.17) is 0 Å². The molecule has 1 aromatic carbocycles. The van der Waals surface area contributed by atoms with Gasteiger partial charge < -0.3 is 10.6 Å². The highest BCUT2D eigenvalue weighted by Gasteiger charge is 2.37. The van der Waals surface area contributed by atoms with Crippen molar-refractivity contribution in [2.24, 2.45) is 0 Å². The SMILES string of the molecule is Cl.O=C(N[C@H]1CCCNC1)c1cc(C(F)(F)F)cc(C(F)(F)F)c1. The van der Waals surface area contributed by atoms with Crippen molar-refractivity contribution < 1.29 is 31.1 Å². The fourth-order valence-electron chi connectivity index (χ4n) is 2.33. The number of amides is 1. The molecule has 10 heteroatoms. The molecule has 1 atom stereocenters. The van der Waals surface area contributed by atoms with Gasteiger partial charge in [-0.15, -0.1) is 12.4 Å². The molecule has 0 spiro atoms. The van der Waals surface area contributed by atoms with Crippen molar-refractivity contribution in [1.82, 2.24) is 10.6 Å². The van der Waals surface area contributed by atoms with Crippen molar-refractivity contribution in [3.8, 4) is 0 Å². The van der Waals surface area contributed by atoms with Gasteiger partial charge in [-0.3, -0.25) is 4.79 Å². The van der Waals surface area contributed by atoms with Crippen molar-refractivity contribution in [3.05, 3.63) is 34.9 Å². The second-order valence-electron chi connectivity index (χ2n) is 5.31. The second kappa shape index (κ2) is 7.60. The summed E-state index contributed by atoms with van der Waals surface area (Å²) in [4.78, 5) is 12.0. The molecule has 0 aromatic heterocycles. The molecule has 24 heavy (non-hydrogen) atoms. The smallest absolute Gasteiger partial charge is 0.348 e. The van der Waals surface area contributed by atoms with E-state index >= 15 is 0 Å². The van der Waals surface area contributed by atoms with Crippen LogP contribution in [0, 0.1) is 0 Å². The number of hydrogen-bond acceptors (Lipinski definition) is 2. The minimum Gasteiger partial charge on any atom is -0.348 e. The maximum Gasteiger partial charge on any atom is 0.416 e. The summed E-state index contributed by atoms with van der Waals surface area (Å²) in [5.74, 6) is -0.949. The van der Waals surface area contributed by atoms with Gasteiger partial charge >= 0.3 is 12.4 Å². The average molecular weight is 377 g/mol. The summed E-state index contributed by atoms with van der Waals surface area (Å²) >= 11 is 0. The van der Waals surface area contributed by atoms with Crippen molar-refractivity contribution in [1.29, 1.82) is 0 Å². The van der Waals surface area contributed by atoms with Crippen molar-refractivity contribution in [3.63, 3.8) is 0 Å². The van der Waals surface area contributed by atoms with E-state index in [0.717, 1.165) is 13.0 Å². The zero-order chi connectivity index (χ0) is 17.3. The maximum atomic E-state index is 12.7. The van der Waals surface area contributed by atoms with Gasteiger partial charge in [-0.25, -0.2) is 0 Å². The monoisotopic (exact) mass is 376 g/mol. The summed E-state index contributed by atoms with van der Waals surface area (Å²) in [7, 11) is 0. The van der Waals surface area contributed by atoms with E-state index < -0.39 is 35.0 Å². The standard InChI is InChI=1S/C14H14F6N2O.ClH/c15-13(16,17)9-4-8(5-10(6-9)14(18,19)20)12(23)22-11-2-1-3-21-7-11;/h4-6,11,21H,1-3,7H2,(H,22,23);1H/t11-;/m0./s1. The molecular weight excluding hydrogens is 362 g/mol. The van der Waals surface area contributed by atoms with Crippen LogP contribution in [0.2, 0.25) is 0 Å². The number of nitrogens with one attached hydrogen (secondary N) is 2. The molecule has 0 aliphatic carbocycles. The summed E-state index contributed by atoms with van der Waals surface area (Å²) in [6.45, 7) is 1.19. The van der Waals surface area contributed by atoms with Crippen molar-refractivity contribution in [2.45, 2.75) is 31.2 Å². The molecule has 3 nitrogen and oxygen atoms in total. The van der Waals surface area contributed by atoms with Crippen LogP contribution in [0.5, 0.6) is 0 Å². The van der Waals surface area contributed by atoms with Crippen LogP contribution >= 0.6 is 12.4 Å². The Labute approximate surface area is 140 Å². The van der Waals surface area contributed by atoms with Crippen LogP contribution in [0.1, 0.15) is 34.3 Å². The minimum absolute atomic E-state index is 0. The number of piperidine rings is 1. The highest BCUT2D eigenvalue weighted by Crippen LogP contribution is 2.36. The van der Waals surface area contributed by atoms with Crippen LogP contribution in [0.3, 0.4) is 0 Å². The lowest BCUT2D eigenvalue weighted by atomic mass is 10.0. The molecule has 0 bridgehead atoms. The Bertz CT molecular complexity index is 549. The third-order valence-electron chi connectivity index (χ3n) is 3.48. The third kappa shape index (κ3) is 5.27. The molecule has 0 saturated carbocycles. The number of rotatable bonds is 2. The number of benzene rings is 1. The first-order valence-corrected chi connectivity index (χ1v) is 6.88. The Morgan fingerprint density at radius 1 is 1.04 bits per heavy atom. The Hall–Kier alpha value is -1.48. The predicted molar refractivity (Wildman–Crippen MR) is 77.1 cm³/mol. The Kier molecular flexibility index (Phi) is 6.52. The molecule has 1 aliphatic heterocycles. The molecule has 2 rings (SSSR count). The van der Waals surface area contributed by atoms with E-state index in [0.29, 0.717) is 25.1 Å². The molecule has 1 aliphatic rings. The quantitative estimate of drug-likeness (QED) is 0.774. The van der Waals surface area contributed by atoms with Gasteiger partial charge in [-0.2, -0.15) is 26.3 Å². The van der Waals surface area contributed by atoms with E-state index in [9.17, 15) is 31.1 Å². The summed E-state index contributed by atoms with van der Waals surface area (Å²) < 4.78 is 76.5. The topological polar surface area (TPSA) is 41.1 Å². The summed E-state index contributed by atoms with van der Waals surface area (Å²) in [5, 5.41) is 5.44. The van der Waals surface area contributed by atoms with Crippen LogP contribution in [-0.2, 0) is 12.4 Å². The van der Waals surface area contributed by atoms with Gasteiger partial charge in [-0.05, 0) is 37.6 Å². The molecule has 1 saturated heterocycles. The fourth-order valence-corrected chi connectivity index (χ4v) is 2.33. The zero-order valence-corrected chi connectivity index (χ0v) is 13.0. The lowest BCUT2D eigenvalue weighted by Gasteiger charge is -2.24. The first-order chi connectivity index (χ1) is 10.6. The largest absolute Gasteiger partial charge is 0.416 e. The molecule has 1 aromatic rings. The number of alkyl halides is 6. The Balaban J connectivity index is 0.00000288. The number of carbonyl (C=O) groups excluding carboxylic acids is 1. The average Bonchev–Trinajstić information content (AvgIpc) is 2.46. The van der Waals surface area contributed by atoms with Gasteiger partial charge in [-0.1, -0.05) is 0 Å². The number of hydrogen-bond donors (Lipinski definition) is 2. The van der Waals surface area contributed by atoms with Crippen molar-refractivity contribution in [2.75, 3.05) is 13.1 Å². The minimum atomic E-state index is -4.97. The molecule has 1 heterocycles. The van der Waals surface area contributed by atoms with E-state index in [1.807, 2.05) is 0 Å². The van der Waals surface area contributed by atoms with E-state index in [-0.39, 0.29) is 24.5 Å². The predicted octanol–water partition coefficient (Wildman–Crippen LogP) is 3.63. The summed E-state index contributed by atoms with van der Waals surface area (Å²) in [5.41, 5.74) is -3.66. The Morgan fingerprint density at radius 3 is 2.00 bits per heavy atom. The van der Waals surface area contributed by atoms with Gasteiger partial charge in [0, 0.05) is 18.2 Å². The normalized spacial score (nSPS) is 18.7. The molecular formula is C14H15ClF6N2O. The molecule has 0 radical (unpaired) electrons. The van der Waals surface area contributed by atoms with E-state index in [2.05, 4.69) is 10.6 Å². The maximum absolute atomic E-state index is 12.7. The van der Waals surface area contributed by atoms with Gasteiger partial charge in [0.2, 0.25) is 0 Å². The summed E-state index contributed by atoms with van der Waals surface area (Å²) in [6.07, 6.45) is -8.56. The van der Waals surface area contributed by atoms with Crippen LogP contribution in [0.4, 0.5) is 26.3 Å². The van der Waals surface area contributed by atoms with E-state index in [1.54, 1.807) is 0 Å². The lowest BCUT2D eigenvalue weighted by molar-refractivity contribution is -0.143. The highest BCUT2D eigenvalue weighted by atomic mass is 35.5. The van der Waals surface area contributed by atoms with Gasteiger partial charge in [0.15, 0.2) is 0 Å². The first kappa shape index (κ1) is 20.6. The number of carbonyl (C=O) groups is 1. The number of halogens is 7. The molecule has 2 N–H and O–H groups in total. The molecule has 1 fully saturated rings. The van der Waals surface area contributed by atoms with Crippen molar-refractivity contribution >= 4 is 18.3 Å². The Morgan fingerprint density at radius 2 is 1.58 bits per heavy atom. The fraction of sp³-hybridized carbons (Fsp3) is 0.500. The van der Waals surface area contributed by atoms with Gasteiger partial charge in [0.05, 0.1) is 11.1 Å². The highest BCUT2D eigenvalue weighted by molar-refractivity contribution is 5.94. The van der Waals surface area contributed by atoms with Crippen LogP contribution < -0.4 is 10.6 Å². The van der Waals surface area contributed by atoms with Gasteiger partial charge in [0.1, 0.15) is 0 Å². The summed E-state index contributed by atoms with van der Waals surface area (Å²) in [6, 6.07) is 0.542. The molecule has 136 valence electrons. The first-order valence-electron chi connectivity index (χ1n) is 6.88. The molecule has 1 amide bonds. The van der Waals surface area contributed by atoms with Crippen LogP contribution in [-0.4, -0.2) is 25.0 Å². The third-order valence-corrected chi connectivity index (χ3v) is 3.48.